The summed E-state index contributed by atoms with van der Waals surface area (Å²) in [6.07, 6.45) is 0.733. The van der Waals surface area contributed by atoms with Crippen LogP contribution in [0.3, 0.4) is 0 Å². The molecule has 0 saturated carbocycles. The van der Waals surface area contributed by atoms with Gasteiger partial charge in [0.25, 0.3) is 15.9 Å². The first kappa shape index (κ1) is 20.0. The van der Waals surface area contributed by atoms with Gasteiger partial charge in [-0.2, -0.15) is 0 Å². The molecule has 30 heavy (non-hydrogen) atoms. The molecule has 1 N–H and O–H groups in total. The number of nitrogens with one attached hydrogen (secondary N) is 1. The minimum absolute atomic E-state index is 0.0244. The van der Waals surface area contributed by atoms with Crippen molar-refractivity contribution in [2.45, 2.75) is 17.9 Å². The molecule has 6 nitrogen and oxygen atoms in total. The zero-order valence-electron chi connectivity index (χ0n) is 16.5. The molecular formula is C23H22N2O4S. The number of carbonyl (C=O) groups is 1. The van der Waals surface area contributed by atoms with Gasteiger partial charge >= 0.3 is 0 Å². The van der Waals surface area contributed by atoms with Gasteiger partial charge in [-0.25, -0.2) is 8.42 Å². The van der Waals surface area contributed by atoms with Crippen molar-refractivity contribution in [1.82, 2.24) is 4.90 Å². The van der Waals surface area contributed by atoms with Crippen LogP contribution in [-0.2, 0) is 23.0 Å². The molecule has 0 bridgehead atoms. The maximum absolute atomic E-state index is 12.8. The molecule has 1 heterocycles. The Labute approximate surface area is 176 Å². The lowest BCUT2D eigenvalue weighted by molar-refractivity contribution is 0.0734. The van der Waals surface area contributed by atoms with Gasteiger partial charge in [0.05, 0.1) is 12.0 Å². The highest BCUT2D eigenvalue weighted by atomic mass is 32.2. The number of anilines is 1. The summed E-state index contributed by atoms with van der Waals surface area (Å²) in [6.45, 7) is 1.08. The lowest BCUT2D eigenvalue weighted by Gasteiger charge is -2.29. The van der Waals surface area contributed by atoms with E-state index in [-0.39, 0.29) is 10.8 Å². The molecule has 3 aromatic carbocycles. The Morgan fingerprint density at radius 2 is 1.77 bits per heavy atom. The highest BCUT2D eigenvalue weighted by molar-refractivity contribution is 7.92. The van der Waals surface area contributed by atoms with Crippen LogP contribution in [0.25, 0.3) is 0 Å². The number of nitrogens with zero attached hydrogens (tertiary/aromatic N) is 1. The van der Waals surface area contributed by atoms with Crippen LogP contribution in [-0.4, -0.2) is 32.9 Å². The number of rotatable bonds is 5. The van der Waals surface area contributed by atoms with E-state index in [1.165, 1.54) is 19.2 Å². The van der Waals surface area contributed by atoms with E-state index in [0.29, 0.717) is 30.1 Å². The van der Waals surface area contributed by atoms with Gasteiger partial charge < -0.3 is 9.64 Å². The van der Waals surface area contributed by atoms with E-state index in [0.717, 1.165) is 17.5 Å². The summed E-state index contributed by atoms with van der Waals surface area (Å²) in [5.74, 6) is 0.446. The van der Waals surface area contributed by atoms with Gasteiger partial charge in [0.2, 0.25) is 0 Å². The van der Waals surface area contributed by atoms with E-state index in [1.54, 1.807) is 41.3 Å². The minimum Gasteiger partial charge on any atom is -0.497 e. The van der Waals surface area contributed by atoms with Crippen LogP contribution in [0.2, 0.25) is 0 Å². The largest absolute Gasteiger partial charge is 0.497 e. The maximum atomic E-state index is 12.8. The summed E-state index contributed by atoms with van der Waals surface area (Å²) in [6, 6.07) is 21.0. The summed E-state index contributed by atoms with van der Waals surface area (Å²) in [5, 5.41) is 0. The normalized spacial score (nSPS) is 13.4. The molecule has 154 valence electrons. The lowest BCUT2D eigenvalue weighted by Crippen LogP contribution is -2.36. The number of benzene rings is 3. The molecule has 3 aromatic rings. The van der Waals surface area contributed by atoms with Gasteiger partial charge in [0.1, 0.15) is 5.75 Å². The summed E-state index contributed by atoms with van der Waals surface area (Å²) >= 11 is 0. The van der Waals surface area contributed by atoms with E-state index in [2.05, 4.69) is 4.72 Å². The highest BCUT2D eigenvalue weighted by Crippen LogP contribution is 2.26. The zero-order valence-corrected chi connectivity index (χ0v) is 17.4. The van der Waals surface area contributed by atoms with Crippen LogP contribution in [0.1, 0.15) is 21.5 Å². The average Bonchev–Trinajstić information content (AvgIpc) is 2.78. The number of methoxy groups -OCH3 is 1. The summed E-state index contributed by atoms with van der Waals surface area (Å²) < 4.78 is 33.3. The van der Waals surface area contributed by atoms with Crippen molar-refractivity contribution < 1.29 is 17.9 Å². The molecule has 0 atom stereocenters. The molecule has 0 radical (unpaired) electrons. The number of fused-ring (bicyclic) bond motifs is 1. The fourth-order valence-corrected chi connectivity index (χ4v) is 4.62. The molecule has 4 rings (SSSR count). The number of amides is 1. The van der Waals surface area contributed by atoms with Gasteiger partial charge in [-0.1, -0.05) is 30.3 Å². The molecule has 0 saturated heterocycles. The van der Waals surface area contributed by atoms with Crippen molar-refractivity contribution in [3.63, 3.8) is 0 Å². The third-order valence-corrected chi connectivity index (χ3v) is 6.51. The number of hydrogen-bond donors (Lipinski definition) is 1. The van der Waals surface area contributed by atoms with Crippen molar-refractivity contribution in [1.29, 1.82) is 0 Å². The number of sulfonamides is 1. The molecule has 0 unspecified atom stereocenters. The summed E-state index contributed by atoms with van der Waals surface area (Å²) in [4.78, 5) is 14.7. The molecule has 0 spiro atoms. The molecule has 0 aromatic heterocycles. The monoisotopic (exact) mass is 422 g/mol. The Morgan fingerprint density at radius 3 is 2.53 bits per heavy atom. The SMILES string of the molecule is COc1cccc(S(=O)(=O)Nc2ccc3c(c2)CN(C(=O)c2ccccc2)CC3)c1. The number of hydrogen-bond acceptors (Lipinski definition) is 4. The van der Waals surface area contributed by atoms with Crippen LogP contribution in [0.4, 0.5) is 5.69 Å². The molecule has 1 amide bonds. The third-order valence-electron chi connectivity index (χ3n) is 5.13. The Hall–Kier alpha value is -3.32. The summed E-state index contributed by atoms with van der Waals surface area (Å²) in [5.41, 5.74) is 3.18. The van der Waals surface area contributed by atoms with Gasteiger partial charge in [0, 0.05) is 30.4 Å². The quantitative estimate of drug-likeness (QED) is 0.680. The van der Waals surface area contributed by atoms with E-state index in [4.69, 9.17) is 4.74 Å². The standard InChI is InChI=1S/C23H22N2O4S/c1-29-21-8-5-9-22(15-21)30(27,28)24-20-11-10-17-12-13-25(16-19(17)14-20)23(26)18-6-3-2-4-7-18/h2-11,14-15,24H,12-13,16H2,1H3. The third kappa shape index (κ3) is 4.16. The molecule has 1 aliphatic rings. The van der Waals surface area contributed by atoms with Crippen molar-refractivity contribution in [2.75, 3.05) is 18.4 Å². The molecule has 7 heteroatoms. The maximum Gasteiger partial charge on any atom is 0.262 e. The predicted molar refractivity (Wildman–Crippen MR) is 115 cm³/mol. The van der Waals surface area contributed by atoms with Crippen molar-refractivity contribution in [3.8, 4) is 5.75 Å². The molecule has 0 fully saturated rings. The van der Waals surface area contributed by atoms with Crippen molar-refractivity contribution in [3.05, 3.63) is 89.5 Å². The fourth-order valence-electron chi connectivity index (χ4n) is 3.54. The Kier molecular flexibility index (Phi) is 5.46. The van der Waals surface area contributed by atoms with E-state index >= 15 is 0 Å². The summed E-state index contributed by atoms with van der Waals surface area (Å²) in [7, 11) is -2.26. The Balaban J connectivity index is 1.55. The second kappa shape index (κ2) is 8.20. The average molecular weight is 423 g/mol. The first-order valence-electron chi connectivity index (χ1n) is 9.59. The van der Waals surface area contributed by atoms with E-state index in [1.807, 2.05) is 24.3 Å². The topological polar surface area (TPSA) is 75.7 Å². The molecule has 0 aliphatic carbocycles. The first-order valence-corrected chi connectivity index (χ1v) is 11.1. The van der Waals surface area contributed by atoms with Gasteiger partial charge in [-0.15, -0.1) is 0 Å². The first-order chi connectivity index (χ1) is 14.5. The molecular weight excluding hydrogens is 400 g/mol. The second-order valence-corrected chi connectivity index (χ2v) is 8.79. The van der Waals surface area contributed by atoms with Crippen LogP contribution in [0.15, 0.2) is 77.7 Å². The van der Waals surface area contributed by atoms with E-state index in [9.17, 15) is 13.2 Å². The van der Waals surface area contributed by atoms with Gasteiger partial charge in [-0.3, -0.25) is 9.52 Å². The van der Waals surface area contributed by atoms with E-state index < -0.39 is 10.0 Å². The Morgan fingerprint density at radius 1 is 0.967 bits per heavy atom. The van der Waals surface area contributed by atoms with Crippen LogP contribution < -0.4 is 9.46 Å². The van der Waals surface area contributed by atoms with Crippen molar-refractivity contribution >= 4 is 21.6 Å². The lowest BCUT2D eigenvalue weighted by atomic mass is 9.98. The fraction of sp³-hybridized carbons (Fsp3) is 0.174. The van der Waals surface area contributed by atoms with Crippen LogP contribution in [0.5, 0.6) is 5.75 Å². The minimum atomic E-state index is -3.76. The number of carbonyl (C=O) groups excluding carboxylic acids is 1. The molecule has 1 aliphatic heterocycles. The van der Waals surface area contributed by atoms with Crippen molar-refractivity contribution in [2.24, 2.45) is 0 Å². The zero-order chi connectivity index (χ0) is 21.1. The highest BCUT2D eigenvalue weighted by Gasteiger charge is 2.23. The van der Waals surface area contributed by atoms with Crippen LogP contribution >= 0.6 is 0 Å². The van der Waals surface area contributed by atoms with Gasteiger partial charge in [0.15, 0.2) is 0 Å². The number of ether oxygens (including phenoxy) is 1. The van der Waals surface area contributed by atoms with Gasteiger partial charge in [-0.05, 0) is 53.9 Å². The predicted octanol–water partition coefficient (Wildman–Crippen LogP) is 3.69. The van der Waals surface area contributed by atoms with Crippen LogP contribution in [0, 0.1) is 0 Å². The second-order valence-electron chi connectivity index (χ2n) is 7.11. The Bertz CT molecular complexity index is 1180. The smallest absolute Gasteiger partial charge is 0.262 e.